The average molecular weight is 350 g/mol. The van der Waals surface area contributed by atoms with E-state index in [9.17, 15) is 8.42 Å². The summed E-state index contributed by atoms with van der Waals surface area (Å²) in [4.78, 5) is 0. The fraction of sp³-hybridized carbons (Fsp3) is 0.188. The van der Waals surface area contributed by atoms with Gasteiger partial charge in [0, 0.05) is 10.4 Å². The summed E-state index contributed by atoms with van der Waals surface area (Å²) in [5.41, 5.74) is 2.46. The van der Waals surface area contributed by atoms with Crippen LogP contribution in [0.15, 0.2) is 48.7 Å². The van der Waals surface area contributed by atoms with E-state index in [4.69, 9.17) is 11.6 Å². The lowest BCUT2D eigenvalue weighted by Gasteiger charge is -2.14. The highest BCUT2D eigenvalue weighted by molar-refractivity contribution is 7.92. The van der Waals surface area contributed by atoms with Crippen LogP contribution in [0.2, 0.25) is 5.02 Å². The highest BCUT2D eigenvalue weighted by atomic mass is 35.5. The SMILES string of the molecule is CC(c1ccc(Cl)cc1)n1ncc2c(NS(C)(=O)=O)cccc21. The summed E-state index contributed by atoms with van der Waals surface area (Å²) in [5, 5.41) is 5.88. The first-order valence-corrected chi connectivity index (χ1v) is 9.31. The van der Waals surface area contributed by atoms with E-state index in [1.165, 1.54) is 0 Å². The lowest BCUT2D eigenvalue weighted by atomic mass is 10.1. The number of benzene rings is 2. The molecule has 0 amide bonds. The van der Waals surface area contributed by atoms with E-state index >= 15 is 0 Å². The molecule has 1 heterocycles. The zero-order valence-electron chi connectivity index (χ0n) is 12.7. The van der Waals surface area contributed by atoms with Crippen LogP contribution in [0.3, 0.4) is 0 Å². The van der Waals surface area contributed by atoms with Crippen LogP contribution in [0.1, 0.15) is 18.5 Å². The Labute approximate surface area is 139 Å². The van der Waals surface area contributed by atoms with E-state index < -0.39 is 10.0 Å². The minimum Gasteiger partial charge on any atom is -0.283 e. The second kappa shape index (κ2) is 5.86. The third-order valence-electron chi connectivity index (χ3n) is 3.66. The van der Waals surface area contributed by atoms with Crippen molar-refractivity contribution >= 4 is 38.2 Å². The first-order chi connectivity index (χ1) is 10.8. The molecule has 120 valence electrons. The molecule has 3 aromatic rings. The Morgan fingerprint density at radius 3 is 2.52 bits per heavy atom. The summed E-state index contributed by atoms with van der Waals surface area (Å²) < 4.78 is 27.4. The summed E-state index contributed by atoms with van der Waals surface area (Å²) in [6.07, 6.45) is 2.81. The third-order valence-corrected chi connectivity index (χ3v) is 4.50. The van der Waals surface area contributed by atoms with Crippen LogP contribution in [0.25, 0.3) is 10.9 Å². The number of rotatable bonds is 4. The lowest BCUT2D eigenvalue weighted by molar-refractivity contribution is 0.584. The van der Waals surface area contributed by atoms with Crippen molar-refractivity contribution in [2.45, 2.75) is 13.0 Å². The zero-order valence-corrected chi connectivity index (χ0v) is 14.3. The van der Waals surface area contributed by atoms with Gasteiger partial charge in [0.05, 0.1) is 29.7 Å². The summed E-state index contributed by atoms with van der Waals surface area (Å²) >= 11 is 5.93. The number of anilines is 1. The fourth-order valence-electron chi connectivity index (χ4n) is 2.55. The highest BCUT2D eigenvalue weighted by Crippen LogP contribution is 2.28. The molecule has 0 saturated carbocycles. The molecule has 1 unspecified atom stereocenters. The van der Waals surface area contributed by atoms with Crippen LogP contribution in [0.4, 0.5) is 5.69 Å². The molecule has 0 aliphatic carbocycles. The lowest BCUT2D eigenvalue weighted by Crippen LogP contribution is -2.10. The number of aromatic nitrogens is 2. The largest absolute Gasteiger partial charge is 0.283 e. The van der Waals surface area contributed by atoms with Crippen LogP contribution in [0, 0.1) is 0 Å². The van der Waals surface area contributed by atoms with Crippen LogP contribution in [-0.4, -0.2) is 24.5 Å². The van der Waals surface area contributed by atoms with Gasteiger partial charge in [0.2, 0.25) is 10.0 Å². The Balaban J connectivity index is 2.06. The van der Waals surface area contributed by atoms with E-state index in [2.05, 4.69) is 9.82 Å². The van der Waals surface area contributed by atoms with Gasteiger partial charge in [-0.05, 0) is 36.8 Å². The Morgan fingerprint density at radius 1 is 1.17 bits per heavy atom. The number of hydrogen-bond acceptors (Lipinski definition) is 3. The Hall–Kier alpha value is -2.05. The molecule has 0 aliphatic heterocycles. The van der Waals surface area contributed by atoms with E-state index in [1.54, 1.807) is 12.3 Å². The van der Waals surface area contributed by atoms with Crippen LogP contribution in [-0.2, 0) is 10.0 Å². The quantitative estimate of drug-likeness (QED) is 0.781. The number of halogens is 1. The molecule has 1 atom stereocenters. The Morgan fingerprint density at radius 2 is 1.87 bits per heavy atom. The molecule has 0 radical (unpaired) electrons. The predicted octanol–water partition coefficient (Wildman–Crippen LogP) is 3.67. The Bertz CT molecular complexity index is 949. The molecule has 3 rings (SSSR count). The van der Waals surface area contributed by atoms with Gasteiger partial charge in [-0.3, -0.25) is 9.40 Å². The van der Waals surface area contributed by atoms with Crippen LogP contribution in [0.5, 0.6) is 0 Å². The smallest absolute Gasteiger partial charge is 0.229 e. The number of sulfonamides is 1. The van der Waals surface area contributed by atoms with Gasteiger partial charge in [-0.15, -0.1) is 0 Å². The zero-order chi connectivity index (χ0) is 16.6. The van der Waals surface area contributed by atoms with Gasteiger partial charge in [0.15, 0.2) is 0 Å². The minimum absolute atomic E-state index is 0.00162. The van der Waals surface area contributed by atoms with E-state index in [-0.39, 0.29) is 6.04 Å². The standard InChI is InChI=1S/C16H16ClN3O2S/c1-11(12-6-8-13(17)9-7-12)20-16-5-3-4-15(14(16)10-18-20)19-23(2,21)22/h3-11,19H,1-2H3. The maximum atomic E-state index is 11.5. The van der Waals surface area contributed by atoms with Crippen molar-refractivity contribution in [2.24, 2.45) is 0 Å². The maximum Gasteiger partial charge on any atom is 0.229 e. The molecule has 2 aromatic carbocycles. The van der Waals surface area contributed by atoms with Gasteiger partial charge in [-0.1, -0.05) is 29.8 Å². The summed E-state index contributed by atoms with van der Waals surface area (Å²) in [5.74, 6) is 0. The normalized spacial score (nSPS) is 13.2. The molecular weight excluding hydrogens is 334 g/mol. The van der Waals surface area contributed by atoms with Crippen molar-refractivity contribution in [3.63, 3.8) is 0 Å². The van der Waals surface area contributed by atoms with E-state index in [0.717, 1.165) is 22.7 Å². The molecule has 0 spiro atoms. The first-order valence-electron chi connectivity index (χ1n) is 7.04. The number of hydrogen-bond donors (Lipinski definition) is 1. The second-order valence-electron chi connectivity index (χ2n) is 5.43. The first kappa shape index (κ1) is 15.8. The molecule has 1 N–H and O–H groups in total. The van der Waals surface area contributed by atoms with Crippen LogP contribution < -0.4 is 4.72 Å². The molecule has 0 bridgehead atoms. The summed E-state index contributed by atoms with van der Waals surface area (Å²) in [7, 11) is -3.34. The van der Waals surface area contributed by atoms with Gasteiger partial charge in [0.25, 0.3) is 0 Å². The number of nitrogens with zero attached hydrogens (tertiary/aromatic N) is 2. The molecule has 1 aromatic heterocycles. The second-order valence-corrected chi connectivity index (χ2v) is 7.61. The van der Waals surface area contributed by atoms with Gasteiger partial charge in [0.1, 0.15) is 0 Å². The fourth-order valence-corrected chi connectivity index (χ4v) is 3.25. The van der Waals surface area contributed by atoms with E-state index in [1.807, 2.05) is 48.0 Å². The highest BCUT2D eigenvalue weighted by Gasteiger charge is 2.15. The van der Waals surface area contributed by atoms with Crippen molar-refractivity contribution in [1.82, 2.24) is 9.78 Å². The van der Waals surface area contributed by atoms with Crippen molar-refractivity contribution in [2.75, 3.05) is 11.0 Å². The van der Waals surface area contributed by atoms with Crippen molar-refractivity contribution in [1.29, 1.82) is 0 Å². The monoisotopic (exact) mass is 349 g/mol. The predicted molar refractivity (Wildman–Crippen MR) is 93.5 cm³/mol. The van der Waals surface area contributed by atoms with Gasteiger partial charge >= 0.3 is 0 Å². The topological polar surface area (TPSA) is 64.0 Å². The molecule has 0 aliphatic rings. The maximum absolute atomic E-state index is 11.5. The van der Waals surface area contributed by atoms with Crippen molar-refractivity contribution < 1.29 is 8.42 Å². The summed E-state index contributed by atoms with van der Waals surface area (Å²) in [6, 6.07) is 13.1. The molecule has 0 saturated heterocycles. The molecule has 7 heteroatoms. The number of nitrogens with one attached hydrogen (secondary N) is 1. The van der Waals surface area contributed by atoms with Crippen molar-refractivity contribution in [3.05, 3.63) is 59.2 Å². The van der Waals surface area contributed by atoms with Gasteiger partial charge in [-0.2, -0.15) is 5.10 Å². The average Bonchev–Trinajstić information content (AvgIpc) is 2.91. The van der Waals surface area contributed by atoms with Crippen LogP contribution >= 0.6 is 11.6 Å². The molecular formula is C16H16ClN3O2S. The van der Waals surface area contributed by atoms with Gasteiger partial charge in [-0.25, -0.2) is 8.42 Å². The molecule has 23 heavy (non-hydrogen) atoms. The molecule has 5 nitrogen and oxygen atoms in total. The van der Waals surface area contributed by atoms with E-state index in [0.29, 0.717) is 10.7 Å². The third kappa shape index (κ3) is 3.33. The molecule has 0 fully saturated rings. The van der Waals surface area contributed by atoms with Gasteiger partial charge < -0.3 is 0 Å². The van der Waals surface area contributed by atoms with Crippen molar-refractivity contribution in [3.8, 4) is 0 Å². The summed E-state index contributed by atoms with van der Waals surface area (Å²) in [6.45, 7) is 2.03. The minimum atomic E-state index is -3.34. The Kier molecular flexibility index (Phi) is 4.04. The number of fused-ring (bicyclic) bond motifs is 1.